The summed E-state index contributed by atoms with van der Waals surface area (Å²) in [6.45, 7) is 0. The topological polar surface area (TPSA) is 109 Å². The second-order valence-corrected chi connectivity index (χ2v) is 5.05. The first-order valence-electron chi connectivity index (χ1n) is 7.73. The predicted octanol–water partition coefficient (Wildman–Crippen LogP) is 1.80. The third-order valence-corrected chi connectivity index (χ3v) is 3.39. The molecule has 0 saturated heterocycles. The number of nitrogens with one attached hydrogen (secondary N) is 1. The van der Waals surface area contributed by atoms with Gasteiger partial charge >= 0.3 is 11.9 Å². The fraction of sp³-hybridized carbons (Fsp3) is 0.222. The van der Waals surface area contributed by atoms with Crippen LogP contribution >= 0.6 is 0 Å². The van der Waals surface area contributed by atoms with Crippen LogP contribution in [0.4, 0.5) is 5.69 Å². The van der Waals surface area contributed by atoms with Crippen LogP contribution in [-0.4, -0.2) is 50.3 Å². The molecule has 0 bridgehead atoms. The molecule has 0 fully saturated rings. The van der Waals surface area contributed by atoms with Gasteiger partial charge in [0, 0.05) is 11.3 Å². The fourth-order valence-corrected chi connectivity index (χ4v) is 2.03. The standard InChI is InChI=1S/C18H19N3O6/c1-24-14-10-15(25-2)21-17(20-14)11-5-7-12(8-6-11)19-13(18(23)27-4)9-16(22)26-3/h5-10,19H,1-4H3/b13-9+. The van der Waals surface area contributed by atoms with E-state index in [2.05, 4.69) is 24.8 Å². The quantitative estimate of drug-likeness (QED) is 0.574. The van der Waals surface area contributed by atoms with Crippen molar-refractivity contribution in [1.82, 2.24) is 9.97 Å². The number of rotatable bonds is 7. The largest absolute Gasteiger partial charge is 0.481 e. The van der Waals surface area contributed by atoms with Crippen LogP contribution in [0.25, 0.3) is 11.4 Å². The van der Waals surface area contributed by atoms with E-state index < -0.39 is 11.9 Å². The number of benzene rings is 1. The molecule has 9 nitrogen and oxygen atoms in total. The van der Waals surface area contributed by atoms with Crippen LogP contribution in [0.3, 0.4) is 0 Å². The number of methoxy groups -OCH3 is 4. The number of anilines is 1. The molecule has 0 amide bonds. The first kappa shape index (κ1) is 19.7. The van der Waals surface area contributed by atoms with Crippen molar-refractivity contribution in [2.45, 2.75) is 0 Å². The molecule has 0 aliphatic rings. The van der Waals surface area contributed by atoms with Crippen molar-refractivity contribution >= 4 is 17.6 Å². The van der Waals surface area contributed by atoms with E-state index in [1.165, 1.54) is 28.4 Å². The van der Waals surface area contributed by atoms with E-state index in [1.807, 2.05) is 0 Å². The van der Waals surface area contributed by atoms with Crippen molar-refractivity contribution in [3.63, 3.8) is 0 Å². The van der Waals surface area contributed by atoms with E-state index in [9.17, 15) is 9.59 Å². The highest BCUT2D eigenvalue weighted by molar-refractivity contribution is 5.98. The molecule has 1 aromatic carbocycles. The maximum Gasteiger partial charge on any atom is 0.354 e. The van der Waals surface area contributed by atoms with Crippen LogP contribution < -0.4 is 14.8 Å². The third kappa shape index (κ3) is 5.18. The van der Waals surface area contributed by atoms with Crippen LogP contribution in [0.2, 0.25) is 0 Å². The number of carbonyl (C=O) groups is 2. The van der Waals surface area contributed by atoms with Crippen LogP contribution in [0.15, 0.2) is 42.1 Å². The van der Waals surface area contributed by atoms with Crippen molar-refractivity contribution < 1.29 is 28.5 Å². The summed E-state index contributed by atoms with van der Waals surface area (Å²) in [7, 11) is 5.43. The molecule has 0 spiro atoms. The Hall–Kier alpha value is -3.62. The zero-order valence-electron chi connectivity index (χ0n) is 15.3. The molecule has 2 aromatic rings. The van der Waals surface area contributed by atoms with Crippen molar-refractivity contribution in [1.29, 1.82) is 0 Å². The number of ether oxygens (including phenoxy) is 4. The zero-order valence-corrected chi connectivity index (χ0v) is 15.3. The molecule has 1 heterocycles. The normalized spacial score (nSPS) is 10.7. The minimum Gasteiger partial charge on any atom is -0.481 e. The fourth-order valence-electron chi connectivity index (χ4n) is 2.03. The van der Waals surface area contributed by atoms with Gasteiger partial charge in [-0.05, 0) is 24.3 Å². The highest BCUT2D eigenvalue weighted by Crippen LogP contribution is 2.24. The van der Waals surface area contributed by atoms with Crippen LogP contribution in [-0.2, 0) is 19.1 Å². The van der Waals surface area contributed by atoms with Crippen molar-refractivity contribution in [3.8, 4) is 23.1 Å². The van der Waals surface area contributed by atoms with Gasteiger partial charge in [-0.3, -0.25) is 0 Å². The predicted molar refractivity (Wildman–Crippen MR) is 96.3 cm³/mol. The molecule has 0 atom stereocenters. The Morgan fingerprint density at radius 3 is 2.00 bits per heavy atom. The molecule has 1 N–H and O–H groups in total. The second-order valence-electron chi connectivity index (χ2n) is 5.05. The molecule has 27 heavy (non-hydrogen) atoms. The van der Waals surface area contributed by atoms with E-state index in [0.717, 1.165) is 6.08 Å². The van der Waals surface area contributed by atoms with Gasteiger partial charge in [-0.15, -0.1) is 0 Å². The van der Waals surface area contributed by atoms with E-state index in [1.54, 1.807) is 30.3 Å². The highest BCUT2D eigenvalue weighted by atomic mass is 16.5. The van der Waals surface area contributed by atoms with Gasteiger partial charge in [0.05, 0.1) is 40.6 Å². The maximum absolute atomic E-state index is 11.8. The Morgan fingerprint density at radius 2 is 1.52 bits per heavy atom. The van der Waals surface area contributed by atoms with E-state index in [0.29, 0.717) is 28.8 Å². The molecule has 1 aromatic heterocycles. The number of carbonyl (C=O) groups excluding carboxylic acids is 2. The Balaban J connectivity index is 2.27. The summed E-state index contributed by atoms with van der Waals surface area (Å²) in [5.41, 5.74) is 1.19. The van der Waals surface area contributed by atoms with Crippen LogP contribution in [0.1, 0.15) is 0 Å². The van der Waals surface area contributed by atoms with Crippen molar-refractivity contribution in [2.24, 2.45) is 0 Å². The molecular weight excluding hydrogens is 354 g/mol. The molecule has 9 heteroatoms. The lowest BCUT2D eigenvalue weighted by molar-refractivity contribution is -0.138. The van der Waals surface area contributed by atoms with E-state index in [-0.39, 0.29) is 5.70 Å². The van der Waals surface area contributed by atoms with Gasteiger partial charge in [-0.1, -0.05) is 0 Å². The zero-order chi connectivity index (χ0) is 19.8. The number of hydrogen-bond donors (Lipinski definition) is 1. The minimum absolute atomic E-state index is 0.0589. The second kappa shape index (κ2) is 9.18. The molecule has 0 aliphatic carbocycles. The third-order valence-electron chi connectivity index (χ3n) is 3.39. The molecule has 142 valence electrons. The van der Waals surface area contributed by atoms with E-state index in [4.69, 9.17) is 9.47 Å². The van der Waals surface area contributed by atoms with Gasteiger partial charge < -0.3 is 24.3 Å². The average molecular weight is 373 g/mol. The van der Waals surface area contributed by atoms with Crippen molar-refractivity contribution in [2.75, 3.05) is 33.8 Å². The molecule has 0 aliphatic heterocycles. The van der Waals surface area contributed by atoms with E-state index >= 15 is 0 Å². The molecule has 2 rings (SSSR count). The van der Waals surface area contributed by atoms with Crippen LogP contribution in [0, 0.1) is 0 Å². The summed E-state index contributed by atoms with van der Waals surface area (Å²) < 4.78 is 19.4. The first-order valence-corrected chi connectivity index (χ1v) is 7.73. The van der Waals surface area contributed by atoms with Crippen LogP contribution in [0.5, 0.6) is 11.8 Å². The summed E-state index contributed by atoms with van der Waals surface area (Å²) in [5, 5.41) is 2.81. The number of hydrogen-bond acceptors (Lipinski definition) is 9. The first-order chi connectivity index (χ1) is 13.0. The smallest absolute Gasteiger partial charge is 0.354 e. The molecule has 0 radical (unpaired) electrons. The lowest BCUT2D eigenvalue weighted by atomic mass is 10.2. The van der Waals surface area contributed by atoms with Gasteiger partial charge in [0.1, 0.15) is 5.70 Å². The van der Waals surface area contributed by atoms with Gasteiger partial charge in [-0.25, -0.2) is 9.59 Å². The van der Waals surface area contributed by atoms with Gasteiger partial charge in [-0.2, -0.15) is 9.97 Å². The summed E-state index contributed by atoms with van der Waals surface area (Å²) in [6, 6.07) is 8.43. The Kier molecular flexibility index (Phi) is 6.70. The lowest BCUT2D eigenvalue weighted by Crippen LogP contribution is -2.15. The monoisotopic (exact) mass is 373 g/mol. The average Bonchev–Trinajstić information content (AvgIpc) is 2.72. The van der Waals surface area contributed by atoms with Gasteiger partial charge in [0.2, 0.25) is 11.8 Å². The summed E-state index contributed by atoms with van der Waals surface area (Å²) in [4.78, 5) is 31.7. The van der Waals surface area contributed by atoms with Gasteiger partial charge in [0.25, 0.3) is 0 Å². The minimum atomic E-state index is -0.703. The number of esters is 2. The Morgan fingerprint density at radius 1 is 0.926 bits per heavy atom. The SMILES string of the molecule is COC(=O)/C=C(/Nc1ccc(-c2nc(OC)cc(OC)n2)cc1)C(=O)OC. The molecule has 0 unspecified atom stereocenters. The number of nitrogens with zero attached hydrogens (tertiary/aromatic N) is 2. The summed E-state index contributed by atoms with van der Waals surface area (Å²) in [6.07, 6.45) is 1.01. The lowest BCUT2D eigenvalue weighted by Gasteiger charge is -2.10. The van der Waals surface area contributed by atoms with Gasteiger partial charge in [0.15, 0.2) is 5.82 Å². The molecular formula is C18H19N3O6. The highest BCUT2D eigenvalue weighted by Gasteiger charge is 2.13. The summed E-state index contributed by atoms with van der Waals surface area (Å²) >= 11 is 0. The number of aromatic nitrogens is 2. The summed E-state index contributed by atoms with van der Waals surface area (Å²) in [5.74, 6) is -0.237. The molecule has 0 saturated carbocycles. The maximum atomic E-state index is 11.8. The van der Waals surface area contributed by atoms with Crippen molar-refractivity contribution in [3.05, 3.63) is 42.1 Å². The Labute approximate surface area is 155 Å². The Bertz CT molecular complexity index is 826.